The van der Waals surface area contributed by atoms with Crippen LogP contribution in [0.1, 0.15) is 57.6 Å². The average molecular weight is 392 g/mol. The van der Waals surface area contributed by atoms with E-state index in [4.69, 9.17) is 5.73 Å². The summed E-state index contributed by atoms with van der Waals surface area (Å²) >= 11 is 0. The van der Waals surface area contributed by atoms with E-state index in [1.165, 1.54) is 11.1 Å². The monoisotopic (exact) mass is 391 g/mol. The van der Waals surface area contributed by atoms with Gasteiger partial charge in [0.05, 0.1) is 0 Å². The Balaban J connectivity index is 1.35. The van der Waals surface area contributed by atoms with Crippen molar-refractivity contribution in [2.45, 2.75) is 51.9 Å². The molecule has 3 heterocycles. The molecule has 29 heavy (non-hydrogen) atoms. The number of amides is 1. The molecule has 0 saturated carbocycles. The molecule has 2 aliphatic rings. The molecule has 4 rings (SSSR count). The highest BCUT2D eigenvalue weighted by Gasteiger charge is 2.30. The minimum atomic E-state index is 0.176. The second-order valence-electron chi connectivity index (χ2n) is 8.40. The first-order chi connectivity index (χ1) is 14.0. The fourth-order valence-corrected chi connectivity index (χ4v) is 4.42. The minimum absolute atomic E-state index is 0.176. The van der Waals surface area contributed by atoms with Gasteiger partial charge in [0.15, 0.2) is 0 Å². The Hall–Kier alpha value is -2.76. The first kappa shape index (κ1) is 19.6. The number of rotatable bonds is 3. The molecule has 1 aliphatic carbocycles. The van der Waals surface area contributed by atoms with Crippen LogP contribution in [0.2, 0.25) is 0 Å². The maximum Gasteiger partial charge on any atom is 0.226 e. The van der Waals surface area contributed by atoms with E-state index < -0.39 is 0 Å². The Morgan fingerprint density at radius 1 is 0.966 bits per heavy atom. The van der Waals surface area contributed by atoms with Gasteiger partial charge in [0.25, 0.3) is 0 Å². The lowest BCUT2D eigenvalue weighted by molar-refractivity contribution is -0.137. The predicted octanol–water partition coefficient (Wildman–Crippen LogP) is 3.96. The van der Waals surface area contributed by atoms with E-state index in [2.05, 4.69) is 45.8 Å². The zero-order valence-electron chi connectivity index (χ0n) is 17.3. The summed E-state index contributed by atoms with van der Waals surface area (Å²) in [5.41, 5.74) is 11.4. The van der Waals surface area contributed by atoms with Gasteiger partial charge in [-0.25, -0.2) is 9.97 Å². The Labute approximate surface area is 172 Å². The Bertz CT molecular complexity index is 896. The number of piperidine rings is 1. The van der Waals surface area contributed by atoms with Gasteiger partial charge in [0.1, 0.15) is 0 Å². The van der Waals surface area contributed by atoms with E-state index >= 15 is 0 Å². The smallest absolute Gasteiger partial charge is 0.226 e. The number of hydrogen-bond donors (Lipinski definition) is 1. The van der Waals surface area contributed by atoms with Crippen LogP contribution in [0, 0.1) is 5.92 Å². The summed E-state index contributed by atoms with van der Waals surface area (Å²) in [5.74, 6) is 1.21. The number of nitrogens with zero attached hydrogens (tertiary/aromatic N) is 4. The van der Waals surface area contributed by atoms with Crippen molar-refractivity contribution in [3.05, 3.63) is 47.6 Å². The van der Waals surface area contributed by atoms with Gasteiger partial charge in [-0.2, -0.15) is 0 Å². The van der Waals surface area contributed by atoms with Crippen LogP contribution in [0.25, 0.3) is 11.1 Å². The van der Waals surface area contributed by atoms with Crippen molar-refractivity contribution < 1.29 is 4.79 Å². The van der Waals surface area contributed by atoms with Gasteiger partial charge < -0.3 is 10.6 Å². The number of carbonyl (C=O) groups is 1. The molecule has 2 aromatic rings. The number of hydrogen-bond acceptors (Lipinski definition) is 5. The number of allylic oxidation sites excluding steroid dienone is 2. The molecule has 0 radical (unpaired) electrons. The second kappa shape index (κ2) is 8.31. The summed E-state index contributed by atoms with van der Waals surface area (Å²) in [4.78, 5) is 27.8. The van der Waals surface area contributed by atoms with Gasteiger partial charge >= 0.3 is 0 Å². The second-order valence-corrected chi connectivity index (χ2v) is 8.40. The molecule has 1 amide bonds. The molecular formula is C23H29N5O. The number of aromatic nitrogens is 3. The highest BCUT2D eigenvalue weighted by atomic mass is 16.2. The van der Waals surface area contributed by atoms with Crippen molar-refractivity contribution in [3.63, 3.8) is 0 Å². The highest BCUT2D eigenvalue weighted by Crippen LogP contribution is 2.33. The van der Waals surface area contributed by atoms with Gasteiger partial charge in [-0.3, -0.25) is 9.78 Å². The number of pyridine rings is 1. The Morgan fingerprint density at radius 2 is 1.66 bits per heavy atom. The lowest BCUT2D eigenvalue weighted by atomic mass is 9.83. The van der Waals surface area contributed by atoms with Gasteiger partial charge in [0.2, 0.25) is 11.9 Å². The quantitative estimate of drug-likeness (QED) is 0.801. The maximum absolute atomic E-state index is 12.9. The molecule has 0 aromatic carbocycles. The van der Waals surface area contributed by atoms with Gasteiger partial charge in [-0.15, -0.1) is 0 Å². The summed E-state index contributed by atoms with van der Waals surface area (Å²) in [7, 11) is 0. The van der Waals surface area contributed by atoms with E-state index in [9.17, 15) is 4.79 Å². The molecule has 1 fully saturated rings. The van der Waals surface area contributed by atoms with E-state index in [-0.39, 0.29) is 11.9 Å². The van der Waals surface area contributed by atoms with Crippen molar-refractivity contribution in [1.82, 2.24) is 19.9 Å². The zero-order chi connectivity index (χ0) is 20.4. The van der Waals surface area contributed by atoms with Gasteiger partial charge in [-0.05, 0) is 52.0 Å². The number of carbonyl (C=O) groups excluding carboxylic acids is 1. The van der Waals surface area contributed by atoms with E-state index in [1.807, 2.05) is 6.20 Å². The summed E-state index contributed by atoms with van der Waals surface area (Å²) in [6, 6.07) is 4.15. The molecule has 2 aromatic heterocycles. The van der Waals surface area contributed by atoms with E-state index in [0.717, 1.165) is 62.0 Å². The minimum Gasteiger partial charge on any atom is -0.368 e. The van der Waals surface area contributed by atoms with Crippen LogP contribution >= 0.6 is 0 Å². The highest BCUT2D eigenvalue weighted by molar-refractivity contribution is 5.79. The molecule has 1 saturated heterocycles. The van der Waals surface area contributed by atoms with Crippen LogP contribution in [-0.2, 0) is 4.79 Å². The van der Waals surface area contributed by atoms with Crippen LogP contribution in [0.4, 0.5) is 5.95 Å². The molecule has 0 bridgehead atoms. The largest absolute Gasteiger partial charge is 0.368 e. The first-order valence-electron chi connectivity index (χ1n) is 10.5. The molecule has 6 heteroatoms. The van der Waals surface area contributed by atoms with E-state index in [1.54, 1.807) is 12.4 Å². The predicted molar refractivity (Wildman–Crippen MR) is 114 cm³/mol. The third-order valence-electron chi connectivity index (χ3n) is 6.51. The Morgan fingerprint density at radius 3 is 2.28 bits per heavy atom. The normalized spacial score (nSPS) is 20.8. The Kier molecular flexibility index (Phi) is 5.60. The van der Waals surface area contributed by atoms with Crippen LogP contribution in [0.5, 0.6) is 0 Å². The summed E-state index contributed by atoms with van der Waals surface area (Å²) in [5, 5.41) is 0. The van der Waals surface area contributed by atoms with Crippen molar-refractivity contribution in [2.75, 3.05) is 18.8 Å². The lowest BCUT2D eigenvalue weighted by Crippen LogP contribution is -2.42. The molecule has 152 valence electrons. The first-order valence-corrected chi connectivity index (χ1v) is 10.5. The summed E-state index contributed by atoms with van der Waals surface area (Å²) in [6.07, 6.45) is 10.3. The standard InChI is InChI=1S/C23H29N5O/c1-15-3-4-18(11-16(15)2)22(29)28-9-7-17(8-10-28)21-6-5-19(12-25-21)20-13-26-23(24)27-14-20/h5-6,12-14,17-18H,3-4,7-11H2,1-2H3,(H2,24,26,27)/t18-/m1/s1. The number of anilines is 1. The fraction of sp³-hybridized carbons (Fsp3) is 0.478. The summed E-state index contributed by atoms with van der Waals surface area (Å²) < 4.78 is 0. The average Bonchev–Trinajstić information content (AvgIpc) is 2.76. The number of nitrogen functional groups attached to an aromatic ring is 1. The topological polar surface area (TPSA) is 85.0 Å². The van der Waals surface area contributed by atoms with Crippen LogP contribution in [-0.4, -0.2) is 38.8 Å². The number of likely N-dealkylation sites (tertiary alicyclic amines) is 1. The van der Waals surface area contributed by atoms with E-state index in [0.29, 0.717) is 11.8 Å². The SMILES string of the molecule is CC1=C(C)C[C@H](C(=O)N2CCC(c3ccc(-c4cnc(N)nc4)cn3)CC2)CC1. The third kappa shape index (κ3) is 4.31. The molecule has 1 aliphatic heterocycles. The van der Waals surface area contributed by atoms with Crippen molar-refractivity contribution in [1.29, 1.82) is 0 Å². The zero-order valence-corrected chi connectivity index (χ0v) is 17.3. The van der Waals surface area contributed by atoms with Crippen molar-refractivity contribution in [3.8, 4) is 11.1 Å². The van der Waals surface area contributed by atoms with Crippen LogP contribution in [0.3, 0.4) is 0 Å². The third-order valence-corrected chi connectivity index (χ3v) is 6.51. The molecule has 0 unspecified atom stereocenters. The van der Waals surface area contributed by atoms with Crippen molar-refractivity contribution >= 4 is 11.9 Å². The fourth-order valence-electron chi connectivity index (χ4n) is 4.42. The number of nitrogens with two attached hydrogens (primary N) is 1. The molecule has 0 spiro atoms. The van der Waals surface area contributed by atoms with Crippen molar-refractivity contribution in [2.24, 2.45) is 5.92 Å². The lowest BCUT2D eigenvalue weighted by Gasteiger charge is -2.35. The molecule has 1 atom stereocenters. The molecule has 6 nitrogen and oxygen atoms in total. The van der Waals surface area contributed by atoms with Gasteiger partial charge in [0, 0.05) is 60.3 Å². The van der Waals surface area contributed by atoms with Crippen LogP contribution in [0.15, 0.2) is 41.9 Å². The van der Waals surface area contributed by atoms with Crippen LogP contribution < -0.4 is 5.73 Å². The van der Waals surface area contributed by atoms with Gasteiger partial charge in [-0.1, -0.05) is 17.2 Å². The molecule has 2 N–H and O–H groups in total. The molecular weight excluding hydrogens is 362 g/mol. The summed E-state index contributed by atoms with van der Waals surface area (Å²) in [6.45, 7) is 6.03. The maximum atomic E-state index is 12.9.